The molecule has 0 radical (unpaired) electrons. The summed E-state index contributed by atoms with van der Waals surface area (Å²) in [6.45, 7) is 1.42. The van der Waals surface area contributed by atoms with Crippen molar-refractivity contribution in [3.63, 3.8) is 0 Å². The quantitative estimate of drug-likeness (QED) is 0.645. The molecule has 2 aromatic rings. The Labute approximate surface area is 170 Å². The summed E-state index contributed by atoms with van der Waals surface area (Å²) in [5.74, 6) is -3.35. The fourth-order valence-electron chi connectivity index (χ4n) is 3.52. The van der Waals surface area contributed by atoms with Crippen LogP contribution in [0.25, 0.3) is 11.3 Å². The summed E-state index contributed by atoms with van der Waals surface area (Å²) < 4.78 is 15.3. The standard InChI is InChI=1S/C20H18FN5O4/c1-9-6-14(25-18(23)12(9)7-22)11-3-2-10-13(17(11)21)8-26(20(10)30)15(19(24)29)4-5-16(27)28/h2-3,6,15H,4-5,8H2,1H3,(H2,23,25)(H2,24,29)(H,27,28). The summed E-state index contributed by atoms with van der Waals surface area (Å²) >= 11 is 0. The third kappa shape index (κ3) is 3.53. The van der Waals surface area contributed by atoms with E-state index in [0.29, 0.717) is 5.56 Å². The zero-order valence-electron chi connectivity index (χ0n) is 16.0. The van der Waals surface area contributed by atoms with Crippen molar-refractivity contribution in [2.24, 2.45) is 5.73 Å². The van der Waals surface area contributed by atoms with Gasteiger partial charge in [-0.05, 0) is 37.1 Å². The molecular formula is C20H18FN5O4. The van der Waals surface area contributed by atoms with E-state index in [-0.39, 0.29) is 53.2 Å². The number of benzene rings is 1. The van der Waals surface area contributed by atoms with Crippen LogP contribution in [0.4, 0.5) is 10.2 Å². The zero-order chi connectivity index (χ0) is 22.2. The van der Waals surface area contributed by atoms with Crippen molar-refractivity contribution in [2.75, 3.05) is 5.73 Å². The predicted octanol–water partition coefficient (Wildman–Crippen LogP) is 1.32. The Morgan fingerprint density at radius 1 is 1.40 bits per heavy atom. The number of carbonyl (C=O) groups excluding carboxylic acids is 2. The average Bonchev–Trinajstić information content (AvgIpc) is 2.99. The molecule has 1 aliphatic heterocycles. The number of aromatic nitrogens is 1. The molecule has 0 spiro atoms. The maximum Gasteiger partial charge on any atom is 0.303 e. The first-order valence-corrected chi connectivity index (χ1v) is 8.96. The predicted molar refractivity (Wildman–Crippen MR) is 103 cm³/mol. The number of fused-ring (bicyclic) bond motifs is 1. The second kappa shape index (κ2) is 7.79. The number of amides is 2. The Bertz CT molecular complexity index is 1100. The molecule has 1 aromatic heterocycles. The van der Waals surface area contributed by atoms with Crippen LogP contribution < -0.4 is 11.5 Å². The normalized spacial score (nSPS) is 13.6. The van der Waals surface area contributed by atoms with E-state index in [2.05, 4.69) is 4.98 Å². The summed E-state index contributed by atoms with van der Waals surface area (Å²) in [4.78, 5) is 40.5. The number of nitrogens with zero attached hydrogens (tertiary/aromatic N) is 3. The van der Waals surface area contributed by atoms with Crippen molar-refractivity contribution in [1.82, 2.24) is 9.88 Å². The van der Waals surface area contributed by atoms with Gasteiger partial charge >= 0.3 is 5.97 Å². The van der Waals surface area contributed by atoms with Crippen LogP contribution in [-0.4, -0.2) is 38.8 Å². The SMILES string of the molecule is Cc1cc(-c2ccc3c(c2F)CN(C(CCC(=O)O)C(N)=O)C3=O)nc(N)c1C#N. The molecule has 0 bridgehead atoms. The number of carbonyl (C=O) groups is 3. The van der Waals surface area contributed by atoms with Gasteiger partial charge in [-0.25, -0.2) is 9.37 Å². The molecule has 9 nitrogen and oxygen atoms in total. The van der Waals surface area contributed by atoms with E-state index in [1.165, 1.54) is 18.2 Å². The Morgan fingerprint density at radius 2 is 2.07 bits per heavy atom. The summed E-state index contributed by atoms with van der Waals surface area (Å²) in [6, 6.07) is 5.07. The van der Waals surface area contributed by atoms with E-state index >= 15 is 4.39 Å². The van der Waals surface area contributed by atoms with E-state index in [9.17, 15) is 14.4 Å². The molecule has 0 saturated heterocycles. The number of carboxylic acid groups (broad SMARTS) is 1. The second-order valence-corrected chi connectivity index (χ2v) is 6.93. The Kier molecular flexibility index (Phi) is 5.38. The van der Waals surface area contributed by atoms with Gasteiger partial charge in [0.25, 0.3) is 5.91 Å². The van der Waals surface area contributed by atoms with E-state index in [1.54, 1.807) is 6.92 Å². The number of aryl methyl sites for hydroxylation is 1. The van der Waals surface area contributed by atoms with Crippen molar-refractivity contribution in [2.45, 2.75) is 32.4 Å². The lowest BCUT2D eigenvalue weighted by Crippen LogP contribution is -2.45. The minimum atomic E-state index is -1.17. The van der Waals surface area contributed by atoms with E-state index < -0.39 is 29.6 Å². The lowest BCUT2D eigenvalue weighted by Gasteiger charge is -2.24. The number of primary amides is 1. The van der Waals surface area contributed by atoms with Gasteiger partial charge in [0.05, 0.1) is 17.8 Å². The molecule has 0 saturated carbocycles. The number of carboxylic acids is 1. The summed E-state index contributed by atoms with van der Waals surface area (Å²) in [5.41, 5.74) is 12.3. The molecule has 0 aliphatic carbocycles. The highest BCUT2D eigenvalue weighted by Gasteiger charge is 2.37. The summed E-state index contributed by atoms with van der Waals surface area (Å²) in [6.07, 6.45) is -0.541. The van der Waals surface area contributed by atoms with E-state index in [4.69, 9.17) is 21.8 Å². The van der Waals surface area contributed by atoms with E-state index in [1.807, 2.05) is 6.07 Å². The van der Waals surface area contributed by atoms with Gasteiger partial charge in [0.1, 0.15) is 23.7 Å². The fraction of sp³-hybridized carbons (Fsp3) is 0.250. The van der Waals surface area contributed by atoms with Gasteiger partial charge in [0, 0.05) is 23.1 Å². The molecule has 1 aliphatic rings. The third-order valence-corrected chi connectivity index (χ3v) is 5.03. The molecule has 2 heterocycles. The van der Waals surface area contributed by atoms with Gasteiger partial charge < -0.3 is 21.5 Å². The van der Waals surface area contributed by atoms with Crippen LogP contribution in [-0.2, 0) is 16.1 Å². The van der Waals surface area contributed by atoms with Gasteiger partial charge in [-0.1, -0.05) is 0 Å². The smallest absolute Gasteiger partial charge is 0.303 e. The van der Waals surface area contributed by atoms with Crippen molar-refractivity contribution in [1.29, 1.82) is 5.26 Å². The molecule has 0 fully saturated rings. The number of rotatable bonds is 6. The van der Waals surface area contributed by atoms with Crippen LogP contribution in [0.2, 0.25) is 0 Å². The molecule has 1 aromatic carbocycles. The van der Waals surface area contributed by atoms with Gasteiger partial charge in [-0.3, -0.25) is 14.4 Å². The summed E-state index contributed by atoms with van der Waals surface area (Å²) in [7, 11) is 0. The molecule has 1 unspecified atom stereocenters. The van der Waals surface area contributed by atoms with Gasteiger partial charge in [-0.15, -0.1) is 0 Å². The second-order valence-electron chi connectivity index (χ2n) is 6.93. The van der Waals surface area contributed by atoms with Crippen LogP contribution in [0.3, 0.4) is 0 Å². The molecule has 30 heavy (non-hydrogen) atoms. The van der Waals surface area contributed by atoms with Crippen LogP contribution in [0.1, 0.15) is 39.9 Å². The number of hydrogen-bond donors (Lipinski definition) is 3. The zero-order valence-corrected chi connectivity index (χ0v) is 16.0. The Hall–Kier alpha value is -4.00. The average molecular weight is 411 g/mol. The maximum atomic E-state index is 15.3. The number of hydrogen-bond acceptors (Lipinski definition) is 6. The monoisotopic (exact) mass is 411 g/mol. The number of nitriles is 1. The highest BCUT2D eigenvalue weighted by atomic mass is 19.1. The minimum absolute atomic E-state index is 0.0347. The molecular weight excluding hydrogens is 393 g/mol. The third-order valence-electron chi connectivity index (χ3n) is 5.03. The molecule has 2 amide bonds. The highest BCUT2D eigenvalue weighted by molar-refractivity contribution is 6.01. The van der Waals surface area contributed by atoms with Crippen molar-refractivity contribution in [3.05, 3.63) is 46.3 Å². The number of nitrogen functional groups attached to an aromatic ring is 1. The first-order chi connectivity index (χ1) is 14.1. The van der Waals surface area contributed by atoms with Crippen molar-refractivity contribution >= 4 is 23.6 Å². The topological polar surface area (TPSA) is 163 Å². The van der Waals surface area contributed by atoms with Crippen molar-refractivity contribution in [3.8, 4) is 17.3 Å². The molecule has 1 atom stereocenters. The van der Waals surface area contributed by atoms with Gasteiger partial charge in [0.2, 0.25) is 5.91 Å². The van der Waals surface area contributed by atoms with Crippen LogP contribution in [0, 0.1) is 24.1 Å². The number of pyridine rings is 1. The van der Waals surface area contributed by atoms with Crippen molar-refractivity contribution < 1.29 is 23.9 Å². The van der Waals surface area contributed by atoms with Crippen LogP contribution >= 0.6 is 0 Å². The lowest BCUT2D eigenvalue weighted by atomic mass is 10.0. The number of halogens is 1. The maximum absolute atomic E-state index is 15.3. The van der Waals surface area contributed by atoms with Crippen LogP contribution in [0.15, 0.2) is 18.2 Å². The number of anilines is 1. The molecule has 154 valence electrons. The molecule has 3 rings (SSSR count). The summed E-state index contributed by atoms with van der Waals surface area (Å²) in [5, 5.41) is 18.0. The van der Waals surface area contributed by atoms with Gasteiger partial charge in [0.15, 0.2) is 0 Å². The minimum Gasteiger partial charge on any atom is -0.481 e. The Morgan fingerprint density at radius 3 is 2.63 bits per heavy atom. The largest absolute Gasteiger partial charge is 0.481 e. The van der Waals surface area contributed by atoms with Gasteiger partial charge in [-0.2, -0.15) is 5.26 Å². The first kappa shape index (κ1) is 20.7. The van der Waals surface area contributed by atoms with E-state index in [0.717, 1.165) is 4.90 Å². The van der Waals surface area contributed by atoms with Crippen LogP contribution in [0.5, 0.6) is 0 Å². The fourth-order valence-corrected chi connectivity index (χ4v) is 3.52. The lowest BCUT2D eigenvalue weighted by molar-refractivity contribution is -0.137. The highest BCUT2D eigenvalue weighted by Crippen LogP contribution is 2.34. The Balaban J connectivity index is 2.00. The molecule has 5 N–H and O–H groups in total. The first-order valence-electron chi connectivity index (χ1n) is 8.96. The number of nitrogens with two attached hydrogens (primary N) is 2. The molecule has 10 heteroatoms. The number of aliphatic carboxylic acids is 1.